The number of hydrazine groups is 1. The molecule has 1 rings (SSSR count). The fraction of sp³-hybridized carbons (Fsp3) is 0.125. The van der Waals surface area contributed by atoms with Crippen LogP contribution < -0.4 is 10.9 Å². The third kappa shape index (κ3) is 3.08. The van der Waals surface area contributed by atoms with Crippen molar-refractivity contribution < 1.29 is 14.3 Å². The van der Waals surface area contributed by atoms with Gasteiger partial charge in [0, 0.05) is 12.1 Å². The summed E-state index contributed by atoms with van der Waals surface area (Å²) in [7, 11) is 0. The van der Waals surface area contributed by atoms with Crippen LogP contribution in [0.5, 0.6) is 0 Å². The van der Waals surface area contributed by atoms with E-state index >= 15 is 0 Å². The van der Waals surface area contributed by atoms with Gasteiger partial charge in [0.05, 0.1) is 0 Å². The number of carboxylic acid groups (broad SMARTS) is 1. The number of rotatable bonds is 3. The van der Waals surface area contributed by atoms with E-state index in [9.17, 15) is 9.18 Å². The highest BCUT2D eigenvalue weighted by molar-refractivity contribution is 5.63. The van der Waals surface area contributed by atoms with Gasteiger partial charge in [-0.3, -0.25) is 5.43 Å². The molecule has 3 N–H and O–H groups in total. The van der Waals surface area contributed by atoms with Crippen LogP contribution in [0.15, 0.2) is 24.3 Å². The molecule has 0 saturated carbocycles. The highest BCUT2D eigenvalue weighted by Gasteiger charge is 1.99. The second kappa shape index (κ2) is 4.42. The lowest BCUT2D eigenvalue weighted by Gasteiger charge is -2.04. The number of halogens is 1. The van der Waals surface area contributed by atoms with Gasteiger partial charge in [0.1, 0.15) is 5.82 Å². The van der Waals surface area contributed by atoms with Crippen molar-refractivity contribution in [1.29, 1.82) is 0 Å². The van der Waals surface area contributed by atoms with E-state index in [0.717, 1.165) is 0 Å². The van der Waals surface area contributed by atoms with Gasteiger partial charge in [0.15, 0.2) is 0 Å². The first kappa shape index (κ1) is 9.47. The minimum Gasteiger partial charge on any atom is -0.464 e. The average molecular weight is 184 g/mol. The molecule has 0 aliphatic rings. The van der Waals surface area contributed by atoms with Gasteiger partial charge in [-0.1, -0.05) is 18.2 Å². The van der Waals surface area contributed by atoms with Crippen LogP contribution in [0.4, 0.5) is 9.18 Å². The monoisotopic (exact) mass is 184 g/mol. The molecule has 0 unspecified atom stereocenters. The molecule has 0 aliphatic heterocycles. The Morgan fingerprint density at radius 3 is 2.77 bits per heavy atom. The van der Waals surface area contributed by atoms with Gasteiger partial charge in [-0.25, -0.2) is 14.6 Å². The Kier molecular flexibility index (Phi) is 3.22. The third-order valence-electron chi connectivity index (χ3n) is 1.43. The van der Waals surface area contributed by atoms with Crippen LogP contribution in [0.3, 0.4) is 0 Å². The minimum absolute atomic E-state index is 0.124. The molecule has 4 nitrogen and oxygen atoms in total. The fourth-order valence-electron chi connectivity index (χ4n) is 0.857. The van der Waals surface area contributed by atoms with Crippen LogP contribution in [0, 0.1) is 5.82 Å². The summed E-state index contributed by atoms with van der Waals surface area (Å²) in [4.78, 5) is 10.0. The van der Waals surface area contributed by atoms with Gasteiger partial charge >= 0.3 is 6.09 Å². The van der Waals surface area contributed by atoms with Crippen molar-refractivity contribution in [2.24, 2.45) is 0 Å². The summed E-state index contributed by atoms with van der Waals surface area (Å²) in [6.07, 6.45) is -1.20. The van der Waals surface area contributed by atoms with Crippen molar-refractivity contribution in [1.82, 2.24) is 10.9 Å². The molecule has 0 spiro atoms. The van der Waals surface area contributed by atoms with Gasteiger partial charge in [-0.2, -0.15) is 0 Å². The molecule has 0 radical (unpaired) electrons. The first-order chi connectivity index (χ1) is 6.20. The Morgan fingerprint density at radius 1 is 1.46 bits per heavy atom. The zero-order valence-corrected chi connectivity index (χ0v) is 6.75. The van der Waals surface area contributed by atoms with Crippen molar-refractivity contribution in [2.45, 2.75) is 6.54 Å². The first-order valence-corrected chi connectivity index (χ1v) is 3.65. The maximum Gasteiger partial charge on any atom is 0.419 e. The van der Waals surface area contributed by atoms with E-state index in [1.165, 1.54) is 6.07 Å². The first-order valence-electron chi connectivity index (χ1n) is 3.65. The van der Waals surface area contributed by atoms with Crippen LogP contribution >= 0.6 is 0 Å². The van der Waals surface area contributed by atoms with E-state index in [2.05, 4.69) is 5.43 Å². The molecular weight excluding hydrogens is 175 g/mol. The molecule has 70 valence electrons. The maximum atomic E-state index is 12.9. The average Bonchev–Trinajstić information content (AvgIpc) is 2.08. The van der Waals surface area contributed by atoms with Gasteiger partial charge in [0.25, 0.3) is 0 Å². The Balaban J connectivity index is 2.45. The topological polar surface area (TPSA) is 61.4 Å². The molecule has 0 aliphatic carbocycles. The number of amides is 1. The fourth-order valence-corrected chi connectivity index (χ4v) is 0.857. The molecule has 0 heterocycles. The molecule has 13 heavy (non-hydrogen) atoms. The number of carbonyl (C=O) groups is 1. The van der Waals surface area contributed by atoms with E-state index in [1.54, 1.807) is 18.2 Å². The van der Waals surface area contributed by atoms with Crippen LogP contribution in [-0.4, -0.2) is 11.2 Å². The Bertz CT molecular complexity index is 304. The summed E-state index contributed by atoms with van der Waals surface area (Å²) in [5.41, 5.74) is 4.69. The largest absolute Gasteiger partial charge is 0.464 e. The molecule has 0 aromatic heterocycles. The van der Waals surface area contributed by atoms with E-state index in [0.29, 0.717) is 5.56 Å². The van der Waals surface area contributed by atoms with Crippen LogP contribution in [-0.2, 0) is 6.54 Å². The van der Waals surface area contributed by atoms with Gasteiger partial charge in [-0.15, -0.1) is 0 Å². The second-order valence-electron chi connectivity index (χ2n) is 2.38. The Morgan fingerprint density at radius 2 is 2.15 bits per heavy atom. The summed E-state index contributed by atoms with van der Waals surface area (Å²) < 4.78 is 12.9. The van der Waals surface area contributed by atoms with Gasteiger partial charge < -0.3 is 5.11 Å². The summed E-state index contributed by atoms with van der Waals surface area (Å²) in [6.45, 7) is 0.124. The van der Waals surface area contributed by atoms with Crippen LogP contribution in [0.1, 0.15) is 5.56 Å². The number of hydrogen-bond donors (Lipinski definition) is 3. The lowest BCUT2D eigenvalue weighted by atomic mass is 10.2. The van der Waals surface area contributed by atoms with Crippen LogP contribution in [0.25, 0.3) is 0 Å². The molecule has 0 saturated heterocycles. The summed E-state index contributed by atoms with van der Waals surface area (Å²) in [6, 6.07) is 6.15. The van der Waals surface area contributed by atoms with Gasteiger partial charge in [0.2, 0.25) is 0 Å². The maximum absolute atomic E-state index is 12.9. The molecule has 1 amide bonds. The van der Waals surface area contributed by atoms with Crippen molar-refractivity contribution in [3.63, 3.8) is 0 Å². The van der Waals surface area contributed by atoms with E-state index in [-0.39, 0.29) is 12.4 Å². The molecule has 1 aromatic rings. The quantitative estimate of drug-likeness (QED) is 0.616. The molecule has 0 fully saturated rings. The summed E-state index contributed by atoms with van der Waals surface area (Å²) >= 11 is 0. The highest BCUT2D eigenvalue weighted by Crippen LogP contribution is 2.04. The summed E-state index contributed by atoms with van der Waals surface area (Å²) in [5, 5.41) is 8.19. The molecule has 5 heteroatoms. The zero-order valence-electron chi connectivity index (χ0n) is 6.75. The molecule has 1 aromatic carbocycles. The van der Waals surface area contributed by atoms with Crippen molar-refractivity contribution in [3.8, 4) is 0 Å². The highest BCUT2D eigenvalue weighted by atomic mass is 19.1. The second-order valence-corrected chi connectivity index (χ2v) is 2.38. The van der Waals surface area contributed by atoms with E-state index in [1.807, 2.05) is 5.43 Å². The minimum atomic E-state index is -1.20. The molecule has 0 bridgehead atoms. The number of benzene rings is 1. The Labute approximate surface area is 74.4 Å². The van der Waals surface area contributed by atoms with Crippen LogP contribution in [0.2, 0.25) is 0 Å². The smallest absolute Gasteiger partial charge is 0.419 e. The number of hydrogen-bond acceptors (Lipinski definition) is 2. The lowest BCUT2D eigenvalue weighted by molar-refractivity contribution is 0.188. The normalized spacial score (nSPS) is 9.62. The van der Waals surface area contributed by atoms with Gasteiger partial charge in [-0.05, 0) is 6.07 Å². The van der Waals surface area contributed by atoms with Crippen molar-refractivity contribution >= 4 is 6.09 Å². The van der Waals surface area contributed by atoms with Crippen molar-refractivity contribution in [2.75, 3.05) is 0 Å². The van der Waals surface area contributed by atoms with E-state index in [4.69, 9.17) is 5.11 Å². The predicted molar refractivity (Wildman–Crippen MR) is 44.4 cm³/mol. The molecule has 0 atom stereocenters. The number of nitrogens with one attached hydrogen (secondary N) is 2. The molecular formula is C8H9FN2O2. The predicted octanol–water partition coefficient (Wildman–Crippen LogP) is 1.10. The zero-order chi connectivity index (χ0) is 9.68. The standard InChI is InChI=1S/C8H9FN2O2/c9-7-4-2-1-3-6(7)5-10-11-8(12)13/h1-4,10-11H,5H2,(H,12,13). The van der Waals surface area contributed by atoms with Crippen molar-refractivity contribution in [3.05, 3.63) is 35.6 Å². The SMILES string of the molecule is O=C(O)NNCc1ccccc1F. The summed E-state index contributed by atoms with van der Waals surface area (Å²) in [5.74, 6) is -0.359. The Hall–Kier alpha value is -1.62. The van der Waals surface area contributed by atoms with E-state index < -0.39 is 6.09 Å². The lowest BCUT2D eigenvalue weighted by Crippen LogP contribution is -2.35. The third-order valence-corrected chi connectivity index (χ3v) is 1.43.